The maximum atomic E-state index is 6.40. The van der Waals surface area contributed by atoms with Crippen LogP contribution in [0.1, 0.15) is 39.1 Å². The highest BCUT2D eigenvalue weighted by Crippen LogP contribution is 2.69. The molecule has 0 aromatic carbocycles. The minimum Gasteiger partial charge on any atom is -0.327 e. The first-order valence-corrected chi connectivity index (χ1v) is 6.43. The van der Waals surface area contributed by atoms with Crippen LogP contribution in [0.15, 0.2) is 6.07 Å². The molecule has 0 radical (unpaired) electrons. The molecule has 1 aliphatic rings. The second kappa shape index (κ2) is 3.58. The fourth-order valence-electron chi connectivity index (χ4n) is 3.53. The molecule has 1 aromatic rings. The van der Waals surface area contributed by atoms with Gasteiger partial charge in [-0.05, 0) is 29.7 Å². The zero-order valence-corrected chi connectivity index (χ0v) is 11.9. The maximum absolute atomic E-state index is 6.40. The van der Waals surface area contributed by atoms with Gasteiger partial charge in [0.2, 0.25) is 0 Å². The molecule has 96 valence electrons. The first-order chi connectivity index (χ1) is 7.68. The number of aromatic nitrogens is 2. The summed E-state index contributed by atoms with van der Waals surface area (Å²) in [6.07, 6.45) is 0.925. The van der Waals surface area contributed by atoms with Crippen molar-refractivity contribution >= 4 is 0 Å². The van der Waals surface area contributed by atoms with Crippen LogP contribution in [0.5, 0.6) is 0 Å². The van der Waals surface area contributed by atoms with Crippen LogP contribution in [-0.4, -0.2) is 15.8 Å². The molecular weight excluding hydrogens is 210 g/mol. The second-order valence-electron chi connectivity index (χ2n) is 6.69. The predicted octanol–water partition coefficient (Wildman–Crippen LogP) is 2.28. The van der Waals surface area contributed by atoms with E-state index in [1.165, 1.54) is 5.69 Å². The van der Waals surface area contributed by atoms with Gasteiger partial charge < -0.3 is 5.73 Å². The van der Waals surface area contributed by atoms with Crippen molar-refractivity contribution in [1.82, 2.24) is 9.78 Å². The van der Waals surface area contributed by atoms with Crippen LogP contribution in [0.3, 0.4) is 0 Å². The summed E-state index contributed by atoms with van der Waals surface area (Å²) in [7, 11) is 2.00. The molecule has 1 aromatic heterocycles. The Labute approximate surface area is 104 Å². The maximum Gasteiger partial charge on any atom is 0.0596 e. The fourth-order valence-corrected chi connectivity index (χ4v) is 3.53. The predicted molar refractivity (Wildman–Crippen MR) is 70.7 cm³/mol. The lowest BCUT2D eigenvalue weighted by Gasteiger charge is -2.13. The molecule has 0 aliphatic heterocycles. The highest BCUT2D eigenvalue weighted by atomic mass is 15.3. The first kappa shape index (κ1) is 12.6. The molecule has 1 fully saturated rings. The quantitative estimate of drug-likeness (QED) is 0.873. The summed E-state index contributed by atoms with van der Waals surface area (Å²) in [5.41, 5.74) is 9.44. The van der Waals surface area contributed by atoms with Crippen LogP contribution in [-0.2, 0) is 13.5 Å². The van der Waals surface area contributed by atoms with Gasteiger partial charge in [-0.1, -0.05) is 27.7 Å². The van der Waals surface area contributed by atoms with E-state index in [2.05, 4.69) is 38.9 Å². The number of rotatable bonds is 3. The Hall–Kier alpha value is -0.830. The largest absolute Gasteiger partial charge is 0.327 e. The fraction of sp³-hybridized carbons (Fsp3) is 0.786. The van der Waals surface area contributed by atoms with Crippen LogP contribution in [0.25, 0.3) is 0 Å². The van der Waals surface area contributed by atoms with Gasteiger partial charge in [0.1, 0.15) is 0 Å². The summed E-state index contributed by atoms with van der Waals surface area (Å²) >= 11 is 0. The Morgan fingerprint density at radius 3 is 2.24 bits per heavy atom. The monoisotopic (exact) mass is 235 g/mol. The normalized spacial score (nSPS) is 23.7. The molecule has 1 unspecified atom stereocenters. The lowest BCUT2D eigenvalue weighted by molar-refractivity contribution is 0.457. The summed E-state index contributed by atoms with van der Waals surface area (Å²) in [6.45, 7) is 11.3. The van der Waals surface area contributed by atoms with E-state index in [0.717, 1.165) is 12.1 Å². The third kappa shape index (κ3) is 1.81. The lowest BCUT2D eigenvalue weighted by atomic mass is 10.0. The van der Waals surface area contributed by atoms with Gasteiger partial charge in [-0.2, -0.15) is 5.10 Å². The van der Waals surface area contributed by atoms with Gasteiger partial charge in [0.25, 0.3) is 0 Å². The van der Waals surface area contributed by atoms with Crippen molar-refractivity contribution in [1.29, 1.82) is 0 Å². The first-order valence-electron chi connectivity index (χ1n) is 6.43. The SMILES string of the molecule is Cc1cc(CC(N)C2C(C)(C)C2(C)C)n(C)n1. The van der Waals surface area contributed by atoms with Crippen LogP contribution in [0.2, 0.25) is 0 Å². The molecule has 17 heavy (non-hydrogen) atoms. The minimum absolute atomic E-state index is 0.231. The van der Waals surface area contributed by atoms with Gasteiger partial charge in [-0.25, -0.2) is 0 Å². The van der Waals surface area contributed by atoms with E-state index in [9.17, 15) is 0 Å². The molecule has 1 atom stereocenters. The summed E-state index contributed by atoms with van der Waals surface area (Å²) in [5, 5.41) is 4.38. The summed E-state index contributed by atoms with van der Waals surface area (Å²) in [4.78, 5) is 0. The zero-order valence-electron chi connectivity index (χ0n) is 11.9. The molecule has 3 heteroatoms. The molecule has 0 bridgehead atoms. The van der Waals surface area contributed by atoms with Gasteiger partial charge in [-0.15, -0.1) is 0 Å². The van der Waals surface area contributed by atoms with Gasteiger partial charge in [-0.3, -0.25) is 4.68 Å². The van der Waals surface area contributed by atoms with E-state index in [1.807, 2.05) is 18.7 Å². The average Bonchev–Trinajstić information content (AvgIpc) is 2.41. The summed E-state index contributed by atoms with van der Waals surface area (Å²) in [6, 6.07) is 2.37. The van der Waals surface area contributed by atoms with Crippen molar-refractivity contribution in [3.05, 3.63) is 17.5 Å². The Kier molecular flexibility index (Phi) is 2.66. The molecule has 2 rings (SSSR count). The lowest BCUT2D eigenvalue weighted by Crippen LogP contribution is -2.29. The highest BCUT2D eigenvalue weighted by molar-refractivity contribution is 5.19. The average molecular weight is 235 g/mol. The minimum atomic E-state index is 0.231. The van der Waals surface area contributed by atoms with Gasteiger partial charge >= 0.3 is 0 Å². The molecule has 0 amide bonds. The second-order valence-corrected chi connectivity index (χ2v) is 6.69. The van der Waals surface area contributed by atoms with Crippen molar-refractivity contribution in [3.63, 3.8) is 0 Å². The number of nitrogens with two attached hydrogens (primary N) is 1. The van der Waals surface area contributed by atoms with E-state index in [-0.39, 0.29) is 6.04 Å². The molecule has 1 aliphatic carbocycles. The molecular formula is C14H25N3. The smallest absolute Gasteiger partial charge is 0.0596 e. The van der Waals surface area contributed by atoms with E-state index in [4.69, 9.17) is 5.73 Å². The molecule has 1 heterocycles. The number of nitrogens with zero attached hydrogens (tertiary/aromatic N) is 2. The Morgan fingerprint density at radius 1 is 1.35 bits per heavy atom. The van der Waals surface area contributed by atoms with Gasteiger partial charge in [0, 0.05) is 25.2 Å². The molecule has 1 saturated carbocycles. The third-order valence-electron chi connectivity index (χ3n) is 5.10. The topological polar surface area (TPSA) is 43.8 Å². The Morgan fingerprint density at radius 2 is 1.88 bits per heavy atom. The summed E-state index contributed by atoms with van der Waals surface area (Å²) in [5.74, 6) is 0.602. The standard InChI is InChI=1S/C14H25N3/c1-9-7-10(17(6)16-9)8-11(15)12-13(2,3)14(12,4)5/h7,11-12H,8,15H2,1-6H3. The van der Waals surface area contributed by atoms with Crippen molar-refractivity contribution < 1.29 is 0 Å². The third-order valence-corrected chi connectivity index (χ3v) is 5.10. The van der Waals surface area contributed by atoms with Gasteiger partial charge in [0.05, 0.1) is 5.69 Å². The number of hydrogen-bond donors (Lipinski definition) is 1. The van der Waals surface area contributed by atoms with Crippen LogP contribution >= 0.6 is 0 Å². The molecule has 0 saturated heterocycles. The number of aryl methyl sites for hydroxylation is 2. The van der Waals surface area contributed by atoms with Crippen molar-refractivity contribution in [2.75, 3.05) is 0 Å². The van der Waals surface area contributed by atoms with E-state index >= 15 is 0 Å². The molecule has 2 N–H and O–H groups in total. The van der Waals surface area contributed by atoms with Crippen molar-refractivity contribution in [2.45, 2.75) is 47.1 Å². The van der Waals surface area contributed by atoms with E-state index in [1.54, 1.807) is 0 Å². The molecule has 3 nitrogen and oxygen atoms in total. The Balaban J connectivity index is 2.09. The Bertz CT molecular complexity index is 415. The highest BCUT2D eigenvalue weighted by Gasteiger charge is 2.66. The van der Waals surface area contributed by atoms with Crippen LogP contribution < -0.4 is 5.73 Å². The van der Waals surface area contributed by atoms with Crippen LogP contribution in [0, 0.1) is 23.7 Å². The summed E-state index contributed by atoms with van der Waals surface area (Å²) < 4.78 is 1.96. The van der Waals surface area contributed by atoms with Crippen LogP contribution in [0.4, 0.5) is 0 Å². The van der Waals surface area contributed by atoms with Gasteiger partial charge in [0.15, 0.2) is 0 Å². The van der Waals surface area contributed by atoms with E-state index < -0.39 is 0 Å². The van der Waals surface area contributed by atoms with Crippen molar-refractivity contribution in [2.24, 2.45) is 29.5 Å². The number of hydrogen-bond acceptors (Lipinski definition) is 2. The van der Waals surface area contributed by atoms with E-state index in [0.29, 0.717) is 16.7 Å². The zero-order chi connectivity index (χ0) is 13.0. The molecule has 0 spiro atoms. The van der Waals surface area contributed by atoms with Crippen molar-refractivity contribution in [3.8, 4) is 0 Å².